The smallest absolute Gasteiger partial charge is 0.242 e. The zero-order valence-corrected chi connectivity index (χ0v) is 18.6. The Hall–Kier alpha value is -2.09. The van der Waals surface area contributed by atoms with Crippen molar-refractivity contribution < 1.29 is 13.2 Å². The topological polar surface area (TPSA) is 75.3 Å². The van der Waals surface area contributed by atoms with Crippen molar-refractivity contribution >= 4 is 56.4 Å². The Labute approximate surface area is 190 Å². The van der Waals surface area contributed by atoms with Crippen LogP contribution in [0.3, 0.4) is 0 Å². The SMILES string of the molecule is O=C(Nc1cccc(Cl)c1Cl)[C@@H](Cc1ccccc1)NS(=O)(=O)c1ccc(Cl)cc1. The van der Waals surface area contributed by atoms with E-state index in [4.69, 9.17) is 34.8 Å². The minimum Gasteiger partial charge on any atom is -0.323 e. The molecule has 9 heteroatoms. The number of sulfonamides is 1. The Morgan fingerprint density at radius 3 is 2.20 bits per heavy atom. The third-order valence-corrected chi connectivity index (χ3v) is 6.79. The minimum atomic E-state index is -3.98. The van der Waals surface area contributed by atoms with Crippen LogP contribution >= 0.6 is 34.8 Å². The van der Waals surface area contributed by atoms with Gasteiger partial charge in [0.15, 0.2) is 0 Å². The highest BCUT2D eigenvalue weighted by atomic mass is 35.5. The highest BCUT2D eigenvalue weighted by Crippen LogP contribution is 2.29. The van der Waals surface area contributed by atoms with Crippen LogP contribution in [0.15, 0.2) is 77.7 Å². The fraction of sp³-hybridized carbons (Fsp3) is 0.0952. The average Bonchev–Trinajstić information content (AvgIpc) is 2.72. The summed E-state index contributed by atoms with van der Waals surface area (Å²) in [5, 5.41) is 3.50. The number of hydrogen-bond donors (Lipinski definition) is 2. The first-order chi connectivity index (χ1) is 14.3. The zero-order chi connectivity index (χ0) is 21.7. The van der Waals surface area contributed by atoms with Crippen molar-refractivity contribution in [1.29, 1.82) is 0 Å². The van der Waals surface area contributed by atoms with Gasteiger partial charge in [0, 0.05) is 5.02 Å². The maximum absolute atomic E-state index is 13.0. The van der Waals surface area contributed by atoms with Gasteiger partial charge in [0.2, 0.25) is 15.9 Å². The number of halogens is 3. The fourth-order valence-electron chi connectivity index (χ4n) is 2.73. The molecule has 0 fully saturated rings. The van der Waals surface area contributed by atoms with Gasteiger partial charge >= 0.3 is 0 Å². The van der Waals surface area contributed by atoms with Gasteiger partial charge in [-0.1, -0.05) is 71.2 Å². The van der Waals surface area contributed by atoms with Crippen molar-refractivity contribution in [1.82, 2.24) is 4.72 Å². The van der Waals surface area contributed by atoms with E-state index in [-0.39, 0.29) is 27.0 Å². The van der Waals surface area contributed by atoms with Crippen molar-refractivity contribution in [2.75, 3.05) is 5.32 Å². The molecule has 0 bridgehead atoms. The van der Waals surface area contributed by atoms with Crippen LogP contribution in [-0.4, -0.2) is 20.4 Å². The number of benzene rings is 3. The quantitative estimate of drug-likeness (QED) is 0.486. The Kier molecular flexibility index (Phi) is 7.39. The van der Waals surface area contributed by atoms with Gasteiger partial charge in [0.25, 0.3) is 0 Å². The van der Waals surface area contributed by atoms with E-state index in [0.717, 1.165) is 5.56 Å². The van der Waals surface area contributed by atoms with Crippen LogP contribution in [0.25, 0.3) is 0 Å². The molecule has 0 saturated carbocycles. The van der Waals surface area contributed by atoms with Crippen LogP contribution < -0.4 is 10.0 Å². The highest BCUT2D eigenvalue weighted by Gasteiger charge is 2.27. The van der Waals surface area contributed by atoms with E-state index in [0.29, 0.717) is 5.02 Å². The monoisotopic (exact) mass is 482 g/mol. The molecule has 0 aliphatic rings. The molecule has 1 amide bonds. The minimum absolute atomic E-state index is 0.00134. The van der Waals surface area contributed by atoms with E-state index < -0.39 is 22.0 Å². The molecule has 3 aromatic rings. The molecule has 0 saturated heterocycles. The number of rotatable bonds is 7. The van der Waals surface area contributed by atoms with E-state index in [9.17, 15) is 13.2 Å². The zero-order valence-electron chi connectivity index (χ0n) is 15.5. The summed E-state index contributed by atoms with van der Waals surface area (Å²) in [6.45, 7) is 0. The van der Waals surface area contributed by atoms with E-state index in [1.165, 1.54) is 24.3 Å². The molecule has 0 unspecified atom stereocenters. The first-order valence-corrected chi connectivity index (χ1v) is 11.4. The normalized spacial score (nSPS) is 12.4. The fourth-order valence-corrected chi connectivity index (χ4v) is 4.40. The van der Waals surface area contributed by atoms with Crippen LogP contribution in [0.4, 0.5) is 5.69 Å². The third-order valence-electron chi connectivity index (χ3n) is 4.23. The highest BCUT2D eigenvalue weighted by molar-refractivity contribution is 7.89. The molecule has 1 atom stereocenters. The van der Waals surface area contributed by atoms with Gasteiger partial charge in [-0.15, -0.1) is 0 Å². The Morgan fingerprint density at radius 2 is 1.53 bits per heavy atom. The molecule has 0 radical (unpaired) electrons. The van der Waals surface area contributed by atoms with Gasteiger partial charge in [-0.05, 0) is 48.4 Å². The van der Waals surface area contributed by atoms with Crippen LogP contribution in [0.2, 0.25) is 15.1 Å². The summed E-state index contributed by atoms with van der Waals surface area (Å²) in [5.41, 5.74) is 1.08. The van der Waals surface area contributed by atoms with Crippen molar-refractivity contribution in [3.05, 3.63) is 93.4 Å². The maximum Gasteiger partial charge on any atom is 0.242 e. The van der Waals surface area contributed by atoms with Crippen LogP contribution in [-0.2, 0) is 21.2 Å². The predicted molar refractivity (Wildman–Crippen MR) is 121 cm³/mol. The lowest BCUT2D eigenvalue weighted by Crippen LogP contribution is -2.45. The van der Waals surface area contributed by atoms with Crippen LogP contribution in [0.5, 0.6) is 0 Å². The van der Waals surface area contributed by atoms with Gasteiger partial charge in [-0.2, -0.15) is 4.72 Å². The third kappa shape index (κ3) is 5.74. The predicted octanol–water partition coefficient (Wildman–Crippen LogP) is 5.18. The summed E-state index contributed by atoms with van der Waals surface area (Å²) in [6.07, 6.45) is 0.137. The molecule has 0 aliphatic carbocycles. The Morgan fingerprint density at radius 1 is 0.867 bits per heavy atom. The second-order valence-corrected chi connectivity index (χ2v) is 9.34. The molecule has 156 valence electrons. The largest absolute Gasteiger partial charge is 0.323 e. The summed E-state index contributed by atoms with van der Waals surface area (Å²) >= 11 is 18.0. The molecule has 5 nitrogen and oxygen atoms in total. The molecule has 0 aliphatic heterocycles. The number of hydrogen-bond acceptors (Lipinski definition) is 3. The molecule has 0 aromatic heterocycles. The molecule has 30 heavy (non-hydrogen) atoms. The molecular weight excluding hydrogens is 467 g/mol. The van der Waals surface area contributed by atoms with E-state index in [1.807, 2.05) is 30.3 Å². The second kappa shape index (κ2) is 9.81. The molecule has 0 spiro atoms. The van der Waals surface area contributed by atoms with E-state index >= 15 is 0 Å². The number of nitrogens with one attached hydrogen (secondary N) is 2. The molecular formula is C21H17Cl3N2O3S. The number of carbonyl (C=O) groups is 1. The first kappa shape index (κ1) is 22.6. The second-order valence-electron chi connectivity index (χ2n) is 6.41. The molecule has 3 aromatic carbocycles. The van der Waals surface area contributed by atoms with Gasteiger partial charge < -0.3 is 5.32 Å². The number of amides is 1. The summed E-state index contributed by atoms with van der Waals surface area (Å²) in [4.78, 5) is 13.0. The number of carbonyl (C=O) groups excluding carboxylic acids is 1. The van der Waals surface area contributed by atoms with Crippen molar-refractivity contribution in [3.63, 3.8) is 0 Å². The molecule has 3 rings (SSSR count). The lowest BCUT2D eigenvalue weighted by atomic mass is 10.1. The molecule has 2 N–H and O–H groups in total. The summed E-state index contributed by atoms with van der Waals surface area (Å²) < 4.78 is 28.2. The maximum atomic E-state index is 13.0. The Balaban J connectivity index is 1.88. The van der Waals surface area contributed by atoms with Crippen LogP contribution in [0.1, 0.15) is 5.56 Å². The summed E-state index contributed by atoms with van der Waals surface area (Å²) in [5.74, 6) is -0.569. The van der Waals surface area contributed by atoms with Gasteiger partial charge in [-0.25, -0.2) is 8.42 Å². The molecule has 0 heterocycles. The summed E-state index contributed by atoms with van der Waals surface area (Å²) in [6, 6.07) is 18.5. The van der Waals surface area contributed by atoms with Crippen molar-refractivity contribution in [2.45, 2.75) is 17.4 Å². The van der Waals surface area contributed by atoms with E-state index in [1.54, 1.807) is 18.2 Å². The standard InChI is InChI=1S/C21H17Cl3N2O3S/c22-15-9-11-16(12-10-15)30(28,29)26-19(13-14-5-2-1-3-6-14)21(27)25-18-8-4-7-17(23)20(18)24/h1-12,19,26H,13H2,(H,25,27)/t19-/m1/s1. The van der Waals surface area contributed by atoms with Crippen LogP contribution in [0, 0.1) is 0 Å². The number of anilines is 1. The Bertz CT molecular complexity index is 1140. The lowest BCUT2D eigenvalue weighted by molar-refractivity contribution is -0.117. The van der Waals surface area contributed by atoms with E-state index in [2.05, 4.69) is 10.0 Å². The van der Waals surface area contributed by atoms with Crippen molar-refractivity contribution in [3.8, 4) is 0 Å². The van der Waals surface area contributed by atoms with Gasteiger partial charge in [0.1, 0.15) is 6.04 Å². The van der Waals surface area contributed by atoms with Crippen molar-refractivity contribution in [2.24, 2.45) is 0 Å². The van der Waals surface area contributed by atoms with Gasteiger partial charge in [-0.3, -0.25) is 4.79 Å². The average molecular weight is 484 g/mol. The first-order valence-electron chi connectivity index (χ1n) is 8.83. The summed E-state index contributed by atoms with van der Waals surface area (Å²) in [7, 11) is -3.98. The lowest BCUT2D eigenvalue weighted by Gasteiger charge is -2.19. The van der Waals surface area contributed by atoms with Gasteiger partial charge in [0.05, 0.1) is 20.6 Å².